The number of nitrogen functional groups attached to an aromatic ring is 1. The molecule has 2 N–H and O–H groups in total. The van der Waals surface area contributed by atoms with Crippen LogP contribution in [-0.2, 0) is 0 Å². The molecule has 0 aliphatic heterocycles. The third-order valence-corrected chi connectivity index (χ3v) is 1.15. The third kappa shape index (κ3) is 10.9. The summed E-state index contributed by atoms with van der Waals surface area (Å²) in [7, 11) is 0. The fraction of sp³-hybridized carbons (Fsp3) is 0. The van der Waals surface area contributed by atoms with Crippen LogP contribution in [-0.4, -0.2) is 0 Å². The minimum atomic E-state index is 0. The first-order chi connectivity index (χ1) is 3.79. The third-order valence-electron chi connectivity index (χ3n) is 0.880. The van der Waals surface area contributed by atoms with Crippen molar-refractivity contribution < 1.29 is 23.5 Å². The van der Waals surface area contributed by atoms with E-state index in [1.54, 1.807) is 12.1 Å². The van der Waals surface area contributed by atoms with E-state index in [-0.39, 0.29) is 23.5 Å². The molecule has 81 valence electrons. The quantitative estimate of drug-likeness (QED) is 0.532. The molecule has 13 heavy (non-hydrogen) atoms. The Balaban J connectivity index is -0.0000000427. The Morgan fingerprint density at radius 1 is 0.769 bits per heavy atom. The van der Waals surface area contributed by atoms with Crippen molar-refractivity contribution in [2.75, 3.05) is 5.73 Å². The van der Waals surface area contributed by atoms with Crippen LogP contribution in [0.3, 0.4) is 0 Å². The van der Waals surface area contributed by atoms with Gasteiger partial charge in [-0.2, -0.15) is 0 Å². The van der Waals surface area contributed by atoms with Gasteiger partial charge in [0, 0.05) is 10.6 Å². The van der Waals surface area contributed by atoms with Crippen LogP contribution in [0, 0.1) is 0 Å². The highest BCUT2D eigenvalue weighted by molar-refractivity contribution is 7.80. The van der Waals surface area contributed by atoms with Crippen molar-refractivity contribution in [3.05, 3.63) is 24.3 Å². The Hall–Kier alpha value is -1.11. The molecule has 1 aromatic carbocycles. The zero-order valence-electron chi connectivity index (χ0n) is 6.34. The summed E-state index contributed by atoms with van der Waals surface area (Å²) in [4.78, 5) is 0.833. The number of hydrogen-bond donors (Lipinski definition) is 1. The van der Waals surface area contributed by atoms with Crippen molar-refractivity contribution in [2.45, 2.75) is 4.90 Å². The Morgan fingerprint density at radius 3 is 1.31 bits per heavy atom. The molecule has 0 atom stereocenters. The highest BCUT2D eigenvalue weighted by Gasteiger charge is 1.82. The molecule has 0 amide bonds. The van der Waals surface area contributed by atoms with Crippen LogP contribution >= 0.6 is 12.6 Å². The van der Waals surface area contributed by atoms with E-state index in [1.165, 1.54) is 0 Å². The SMILES string of the molecule is F.F.F.F.F.Nc1ccc([S])cc1. The second-order valence-electron chi connectivity index (χ2n) is 1.57. The summed E-state index contributed by atoms with van der Waals surface area (Å²) >= 11 is 4.82. The zero-order chi connectivity index (χ0) is 5.98. The molecule has 0 heterocycles. The lowest BCUT2D eigenvalue weighted by Crippen LogP contribution is -1.80. The molecular formula is C6H11F5NS. The molecule has 7 heteroatoms. The molecule has 0 unspecified atom stereocenters. The van der Waals surface area contributed by atoms with Crippen LogP contribution < -0.4 is 5.73 Å². The number of anilines is 1. The van der Waals surface area contributed by atoms with E-state index in [0.717, 1.165) is 10.6 Å². The van der Waals surface area contributed by atoms with Gasteiger partial charge in [0.2, 0.25) is 0 Å². The van der Waals surface area contributed by atoms with Crippen molar-refractivity contribution in [1.82, 2.24) is 0 Å². The highest BCUT2D eigenvalue weighted by Crippen LogP contribution is 2.07. The Morgan fingerprint density at radius 2 is 1.08 bits per heavy atom. The normalized spacial score (nSPS) is 5.54. The lowest BCUT2D eigenvalue weighted by molar-refractivity contribution is 1.11. The molecular weight excluding hydrogens is 213 g/mol. The lowest BCUT2D eigenvalue weighted by Gasteiger charge is -1.88. The smallest absolute Gasteiger partial charge is 0.0378 e. The van der Waals surface area contributed by atoms with E-state index in [9.17, 15) is 0 Å². The van der Waals surface area contributed by atoms with Crippen LogP contribution in [0.1, 0.15) is 0 Å². The molecule has 0 bridgehead atoms. The van der Waals surface area contributed by atoms with Crippen molar-refractivity contribution in [3.63, 3.8) is 0 Å². The highest BCUT2D eigenvalue weighted by atomic mass is 32.1. The van der Waals surface area contributed by atoms with E-state index in [4.69, 9.17) is 18.4 Å². The van der Waals surface area contributed by atoms with Crippen LogP contribution in [0.25, 0.3) is 0 Å². The first-order valence-electron chi connectivity index (χ1n) is 2.31. The van der Waals surface area contributed by atoms with Gasteiger partial charge in [0.25, 0.3) is 0 Å². The fourth-order valence-electron chi connectivity index (χ4n) is 0.468. The zero-order valence-corrected chi connectivity index (χ0v) is 7.15. The van der Waals surface area contributed by atoms with Gasteiger partial charge in [-0.3, -0.25) is 23.5 Å². The topological polar surface area (TPSA) is 26.0 Å². The summed E-state index contributed by atoms with van der Waals surface area (Å²) in [5.74, 6) is 0. The molecule has 1 radical (unpaired) electrons. The maximum Gasteiger partial charge on any atom is 0.0378 e. The number of benzene rings is 1. The van der Waals surface area contributed by atoms with Crippen molar-refractivity contribution in [2.24, 2.45) is 0 Å². The van der Waals surface area contributed by atoms with E-state index < -0.39 is 0 Å². The lowest BCUT2D eigenvalue weighted by atomic mass is 10.3. The van der Waals surface area contributed by atoms with E-state index in [2.05, 4.69) is 0 Å². The molecule has 0 aliphatic rings. The molecule has 1 aromatic rings. The van der Waals surface area contributed by atoms with Crippen molar-refractivity contribution >= 4 is 18.3 Å². The fourth-order valence-corrected chi connectivity index (χ4v) is 0.604. The average Bonchev–Trinajstić information content (AvgIpc) is 1.77. The summed E-state index contributed by atoms with van der Waals surface area (Å²) in [5.41, 5.74) is 6.14. The van der Waals surface area contributed by atoms with Crippen LogP contribution in [0.2, 0.25) is 0 Å². The van der Waals surface area contributed by atoms with Gasteiger partial charge in [-0.1, -0.05) is 12.6 Å². The monoisotopic (exact) mass is 224 g/mol. The molecule has 1 nitrogen and oxygen atoms in total. The van der Waals surface area contributed by atoms with E-state index in [0.29, 0.717) is 0 Å². The average molecular weight is 224 g/mol. The Kier molecular flexibility index (Phi) is 30.8. The van der Waals surface area contributed by atoms with Gasteiger partial charge in [0.1, 0.15) is 0 Å². The summed E-state index contributed by atoms with van der Waals surface area (Å²) in [5, 5.41) is 0. The van der Waals surface area contributed by atoms with Gasteiger partial charge in [-0.05, 0) is 24.3 Å². The largest absolute Gasteiger partial charge is 0.399 e. The summed E-state index contributed by atoms with van der Waals surface area (Å²) in [6.45, 7) is 0. The van der Waals surface area contributed by atoms with E-state index in [1.807, 2.05) is 12.1 Å². The first kappa shape index (κ1) is 29.7. The van der Waals surface area contributed by atoms with Crippen LogP contribution in [0.5, 0.6) is 0 Å². The van der Waals surface area contributed by atoms with Gasteiger partial charge in [-0.15, -0.1) is 0 Å². The minimum Gasteiger partial charge on any atom is -0.399 e. The maximum absolute atomic E-state index is 5.38. The molecule has 0 spiro atoms. The second-order valence-corrected chi connectivity index (χ2v) is 2.04. The van der Waals surface area contributed by atoms with Gasteiger partial charge < -0.3 is 5.73 Å². The van der Waals surface area contributed by atoms with Crippen molar-refractivity contribution in [1.29, 1.82) is 0 Å². The maximum atomic E-state index is 5.38. The molecule has 0 fully saturated rings. The predicted octanol–water partition coefficient (Wildman–Crippen LogP) is 2.59. The minimum absolute atomic E-state index is 0. The van der Waals surface area contributed by atoms with Gasteiger partial charge in [-0.25, -0.2) is 0 Å². The Labute approximate surface area is 77.6 Å². The van der Waals surface area contributed by atoms with E-state index >= 15 is 0 Å². The number of nitrogens with two attached hydrogens (primary N) is 1. The summed E-state index contributed by atoms with van der Waals surface area (Å²) in [6.07, 6.45) is 0. The van der Waals surface area contributed by atoms with Gasteiger partial charge in [0.05, 0.1) is 0 Å². The number of hydrogen-bond acceptors (Lipinski definition) is 1. The standard InChI is InChI=1S/C6H6NS.5FH/c7-5-1-3-6(8)4-2-5;;;;;/h1-4H,7H2;5*1H. The molecule has 1 rings (SSSR count). The molecule has 0 aliphatic carbocycles. The van der Waals surface area contributed by atoms with Crippen LogP contribution in [0.15, 0.2) is 29.2 Å². The number of halogens is 5. The Bertz CT molecular complexity index is 160. The molecule has 0 aromatic heterocycles. The molecule has 0 saturated carbocycles. The van der Waals surface area contributed by atoms with Gasteiger partial charge >= 0.3 is 0 Å². The van der Waals surface area contributed by atoms with Crippen LogP contribution in [0.4, 0.5) is 29.2 Å². The summed E-state index contributed by atoms with van der Waals surface area (Å²) in [6, 6.07) is 7.21. The van der Waals surface area contributed by atoms with Gasteiger partial charge in [0.15, 0.2) is 0 Å². The number of rotatable bonds is 0. The second kappa shape index (κ2) is 13.5. The predicted molar refractivity (Wildman–Crippen MR) is 49.2 cm³/mol. The van der Waals surface area contributed by atoms with Crippen molar-refractivity contribution in [3.8, 4) is 0 Å². The summed E-state index contributed by atoms with van der Waals surface area (Å²) < 4.78 is 0. The first-order valence-corrected chi connectivity index (χ1v) is 2.72. The molecule has 0 saturated heterocycles.